The SMILES string of the molecule is CN(CCS(=O)(=O)[O-])c1nc(NCC(O)CO)nc(Nc2ccc(C=Cc3ccc(Nc4nc(C(CO)CNO)nc(N(C)CCS(=O)(=O)[O-])n4)cc3S(=O)(=O)[O-])c(S(=O)(=O)[O-])c2)n1.[Na+].[Na+].[Na+].[Na+]. The van der Waals surface area contributed by atoms with Gasteiger partial charge in [-0.15, -0.1) is 0 Å². The molecule has 2 unspecified atom stereocenters. The van der Waals surface area contributed by atoms with Gasteiger partial charge in [0.25, 0.3) is 0 Å². The van der Waals surface area contributed by atoms with Crippen LogP contribution in [0.1, 0.15) is 22.9 Å². The first-order valence-corrected chi connectivity index (χ1v) is 24.0. The first kappa shape index (κ1) is 66.6. The van der Waals surface area contributed by atoms with E-state index in [1.807, 2.05) is 5.48 Å². The molecule has 2 atom stereocenters. The molecule has 2 aromatic heterocycles. The van der Waals surface area contributed by atoms with Crippen LogP contribution in [0.4, 0.5) is 41.1 Å². The van der Waals surface area contributed by atoms with Crippen LogP contribution in [0, 0.1) is 0 Å². The Morgan fingerprint density at radius 3 is 1.44 bits per heavy atom. The van der Waals surface area contributed by atoms with Crippen molar-refractivity contribution in [3.63, 3.8) is 0 Å². The van der Waals surface area contributed by atoms with Crippen molar-refractivity contribution in [2.24, 2.45) is 0 Å². The summed E-state index contributed by atoms with van der Waals surface area (Å²) in [5.74, 6) is -3.98. The van der Waals surface area contributed by atoms with E-state index in [0.717, 1.165) is 36.4 Å². The van der Waals surface area contributed by atoms with Crippen molar-refractivity contribution in [2.75, 3.05) is 90.7 Å². The van der Waals surface area contributed by atoms with E-state index in [-0.39, 0.29) is 202 Å². The van der Waals surface area contributed by atoms with Gasteiger partial charge in [-0.05, 0) is 35.4 Å². The molecule has 0 fully saturated rings. The number of anilines is 7. The van der Waals surface area contributed by atoms with Crippen LogP contribution in [0.3, 0.4) is 0 Å². The molecular weight excluding hydrogens is 1030 g/mol. The van der Waals surface area contributed by atoms with Crippen LogP contribution in [0.2, 0.25) is 0 Å². The molecule has 0 amide bonds. The van der Waals surface area contributed by atoms with Crippen molar-refractivity contribution in [1.29, 1.82) is 0 Å². The van der Waals surface area contributed by atoms with Crippen LogP contribution >= 0.6 is 0 Å². The fraction of sp³-hybridized carbons (Fsp3) is 0.375. The molecule has 352 valence electrons. The van der Waals surface area contributed by atoms with Gasteiger partial charge in [0.1, 0.15) is 26.1 Å². The minimum absolute atomic E-state index is 0. The largest absolute Gasteiger partial charge is 1.00 e. The van der Waals surface area contributed by atoms with Gasteiger partial charge in [0.05, 0.1) is 66.8 Å². The second kappa shape index (κ2) is 29.4. The molecule has 0 aliphatic rings. The summed E-state index contributed by atoms with van der Waals surface area (Å²) in [5.41, 5.74) is 1.10. The Bertz CT molecular complexity index is 2790. The number of hydrogen-bond acceptors (Lipinski definition) is 28. The van der Waals surface area contributed by atoms with Gasteiger partial charge in [0, 0.05) is 51.6 Å². The molecule has 0 aliphatic heterocycles. The van der Waals surface area contributed by atoms with E-state index in [2.05, 4.69) is 45.9 Å². The molecular formula is C32H40N12Na4O16S4. The number of aliphatic hydroxyl groups is 3. The van der Waals surface area contributed by atoms with E-state index in [1.54, 1.807) is 0 Å². The molecule has 28 nitrogen and oxygen atoms in total. The van der Waals surface area contributed by atoms with Gasteiger partial charge in [0.2, 0.25) is 29.7 Å². The van der Waals surface area contributed by atoms with Gasteiger partial charge >= 0.3 is 118 Å². The van der Waals surface area contributed by atoms with E-state index in [1.165, 1.54) is 36.0 Å². The minimum Gasteiger partial charge on any atom is -0.748 e. The van der Waals surface area contributed by atoms with Gasteiger partial charge in [-0.3, -0.25) is 0 Å². The van der Waals surface area contributed by atoms with Crippen molar-refractivity contribution in [3.05, 3.63) is 53.3 Å². The Balaban J connectivity index is 0.0000112. The van der Waals surface area contributed by atoms with E-state index < -0.39 is 87.0 Å². The fourth-order valence-electron chi connectivity index (χ4n) is 5.15. The number of nitrogens with one attached hydrogen (secondary N) is 4. The van der Waals surface area contributed by atoms with Crippen molar-refractivity contribution in [1.82, 2.24) is 35.4 Å². The third-order valence-electron chi connectivity index (χ3n) is 8.45. The summed E-state index contributed by atoms with van der Waals surface area (Å²) in [5, 5.41) is 45.9. The number of benzene rings is 2. The maximum absolute atomic E-state index is 12.5. The zero-order valence-corrected chi connectivity index (χ0v) is 48.6. The van der Waals surface area contributed by atoms with Gasteiger partial charge < -0.3 is 64.5 Å². The zero-order valence-electron chi connectivity index (χ0n) is 37.3. The summed E-state index contributed by atoms with van der Waals surface area (Å²) < 4.78 is 142. The maximum Gasteiger partial charge on any atom is 1.00 e. The topological polar surface area (TPSA) is 442 Å². The number of aliphatic hydroxyl groups excluding tert-OH is 3. The number of aromatic nitrogens is 6. The summed E-state index contributed by atoms with van der Waals surface area (Å²) in [6, 6.07) is 6.56. The Hall–Kier alpha value is -1.36. The van der Waals surface area contributed by atoms with Crippen LogP contribution in [0.15, 0.2) is 46.2 Å². The smallest absolute Gasteiger partial charge is 0.748 e. The Morgan fingerprint density at radius 1 is 0.618 bits per heavy atom. The predicted octanol–water partition coefficient (Wildman–Crippen LogP) is -14.7. The van der Waals surface area contributed by atoms with Gasteiger partial charge in [-0.25, -0.2) is 39.2 Å². The van der Waals surface area contributed by atoms with Crippen LogP contribution in [-0.4, -0.2) is 173 Å². The molecule has 0 radical (unpaired) electrons. The van der Waals surface area contributed by atoms with Crippen LogP contribution < -0.4 is 149 Å². The third kappa shape index (κ3) is 21.8. The van der Waals surface area contributed by atoms with Gasteiger partial charge in [-0.1, -0.05) is 24.3 Å². The van der Waals surface area contributed by atoms with E-state index >= 15 is 0 Å². The molecule has 0 spiro atoms. The van der Waals surface area contributed by atoms with Crippen LogP contribution in [-0.2, 0) is 40.5 Å². The number of hydroxylamine groups is 1. The molecule has 0 saturated carbocycles. The Morgan fingerprint density at radius 2 is 1.04 bits per heavy atom. The number of nitrogens with zero attached hydrogens (tertiary/aromatic N) is 8. The molecule has 36 heteroatoms. The minimum atomic E-state index is -5.29. The van der Waals surface area contributed by atoms with Crippen LogP contribution in [0.5, 0.6) is 0 Å². The average molecular weight is 1070 g/mol. The molecule has 0 bridgehead atoms. The van der Waals surface area contributed by atoms with E-state index in [4.69, 9.17) is 5.11 Å². The molecule has 2 aromatic carbocycles. The average Bonchev–Trinajstić information content (AvgIpc) is 3.21. The predicted molar refractivity (Wildman–Crippen MR) is 221 cm³/mol. The normalized spacial score (nSPS) is 12.6. The van der Waals surface area contributed by atoms with Crippen molar-refractivity contribution in [3.8, 4) is 0 Å². The molecule has 4 rings (SSSR count). The summed E-state index contributed by atoms with van der Waals surface area (Å²) in [4.78, 5) is 25.4. The van der Waals surface area contributed by atoms with Crippen molar-refractivity contribution in [2.45, 2.75) is 21.8 Å². The maximum atomic E-state index is 12.5. The molecule has 68 heavy (non-hydrogen) atoms. The third-order valence-corrected chi connectivity index (χ3v) is 11.6. The zero-order chi connectivity index (χ0) is 47.6. The molecule has 0 aliphatic carbocycles. The fourth-order valence-corrected chi connectivity index (χ4v) is 7.54. The first-order valence-electron chi connectivity index (χ1n) is 18.0. The number of hydrogen-bond donors (Lipinski definition) is 8. The molecule has 8 N–H and O–H groups in total. The molecule has 0 saturated heterocycles. The Kier molecular flexibility index (Phi) is 28.8. The van der Waals surface area contributed by atoms with E-state index in [0.29, 0.717) is 0 Å². The first-order chi connectivity index (χ1) is 29.8. The summed E-state index contributed by atoms with van der Waals surface area (Å²) in [7, 11) is -17.2. The molecule has 2 heterocycles. The Labute approximate surface area is 479 Å². The standard InChI is InChI=1S/C32H44N12O16S4.4Na/c1-43(9-11-61(49,50)51)31-38-27(21(17-45)15-34-48)37-29(41-31)35-22-7-5-19(25(13-22)63(55,56)57)3-4-20-6-8-23(14-26(20)64(58,59)60)36-30-39-28(33-16-24(47)18-46)40-32(42-30)44(2)10-12-62(52,53)54;;;;/h3-8,13-14,21,24,34,45-48H,9-12,15-18H2,1-2H3,(H,49,50,51)(H,52,53,54)(H,55,56,57)(H,58,59,60)(H,35,37,38,41)(H2,33,36,39,40,42);;;;/q;4*+1/p-4. The second-order valence-electron chi connectivity index (χ2n) is 13.4. The number of rotatable bonds is 24. The van der Waals surface area contributed by atoms with Crippen LogP contribution in [0.25, 0.3) is 12.2 Å². The summed E-state index contributed by atoms with van der Waals surface area (Å²) in [6.45, 7) is -2.48. The van der Waals surface area contributed by atoms with Gasteiger partial charge in [0.15, 0.2) is 0 Å². The van der Waals surface area contributed by atoms with Crippen molar-refractivity contribution >= 4 is 93.7 Å². The molecule has 4 aromatic rings. The second-order valence-corrected chi connectivity index (χ2v) is 19.2. The quantitative estimate of drug-likeness (QED) is 0.0140. The van der Waals surface area contributed by atoms with Crippen molar-refractivity contribution < 1.29 is 191 Å². The monoisotopic (exact) mass is 1070 g/mol. The van der Waals surface area contributed by atoms with Gasteiger partial charge in [-0.2, -0.15) is 29.9 Å². The summed E-state index contributed by atoms with van der Waals surface area (Å²) in [6.07, 6.45) is 0.818. The van der Waals surface area contributed by atoms with E-state index in [9.17, 15) is 67.3 Å². The summed E-state index contributed by atoms with van der Waals surface area (Å²) >= 11 is 0.